The average Bonchev–Trinajstić information content (AvgIpc) is 2.47. The van der Waals surface area contributed by atoms with Crippen molar-refractivity contribution in [2.24, 2.45) is 0 Å². The van der Waals surface area contributed by atoms with Gasteiger partial charge in [-0.1, -0.05) is 13.8 Å². The van der Waals surface area contributed by atoms with Crippen LogP contribution in [0.25, 0.3) is 0 Å². The molecular weight excluding hydrogens is 264 g/mol. The summed E-state index contributed by atoms with van der Waals surface area (Å²) in [6.07, 6.45) is 1.11. The zero-order chi connectivity index (χ0) is 15.2. The predicted octanol–water partition coefficient (Wildman–Crippen LogP) is 2.07. The van der Waals surface area contributed by atoms with Crippen LogP contribution in [0.3, 0.4) is 0 Å². The Hall–Kier alpha value is -1.20. The van der Waals surface area contributed by atoms with Crippen LogP contribution in [-0.4, -0.2) is 61.3 Å². The highest BCUT2D eigenvalue weighted by molar-refractivity contribution is 5.40. The summed E-state index contributed by atoms with van der Waals surface area (Å²) in [5.41, 5.74) is 1.06. The van der Waals surface area contributed by atoms with Crippen molar-refractivity contribution in [2.75, 3.05) is 51.3 Å². The van der Waals surface area contributed by atoms with Crippen LogP contribution in [0.1, 0.15) is 37.7 Å². The minimum Gasteiger partial charge on any atom is -0.385 e. The van der Waals surface area contributed by atoms with Gasteiger partial charge >= 0.3 is 0 Å². The second-order valence-corrected chi connectivity index (χ2v) is 6.06. The lowest BCUT2D eigenvalue weighted by molar-refractivity contribution is 0.169. The molecule has 1 aliphatic rings. The van der Waals surface area contributed by atoms with Crippen LogP contribution in [0, 0.1) is 6.92 Å². The maximum absolute atomic E-state index is 5.12. The van der Waals surface area contributed by atoms with Crippen molar-refractivity contribution in [3.05, 3.63) is 17.6 Å². The number of ether oxygens (including phenoxy) is 1. The van der Waals surface area contributed by atoms with E-state index >= 15 is 0 Å². The summed E-state index contributed by atoms with van der Waals surface area (Å²) >= 11 is 0. The first-order valence-electron chi connectivity index (χ1n) is 7.92. The monoisotopic (exact) mass is 292 g/mol. The Morgan fingerprint density at radius 3 is 2.52 bits per heavy atom. The van der Waals surface area contributed by atoms with Gasteiger partial charge in [-0.3, -0.25) is 4.90 Å². The molecule has 0 aromatic carbocycles. The van der Waals surface area contributed by atoms with Crippen molar-refractivity contribution in [2.45, 2.75) is 33.1 Å². The summed E-state index contributed by atoms with van der Waals surface area (Å²) in [5.74, 6) is 2.41. The molecule has 1 saturated heterocycles. The van der Waals surface area contributed by atoms with Gasteiger partial charge in [0, 0.05) is 64.1 Å². The third kappa shape index (κ3) is 4.64. The maximum atomic E-state index is 5.12. The summed E-state index contributed by atoms with van der Waals surface area (Å²) in [5, 5.41) is 0. The van der Waals surface area contributed by atoms with Crippen LogP contribution in [0.4, 0.5) is 5.82 Å². The molecule has 1 aromatic heterocycles. The highest BCUT2D eigenvalue weighted by atomic mass is 16.5. The summed E-state index contributed by atoms with van der Waals surface area (Å²) in [6, 6.07) is 2.10. The first kappa shape index (κ1) is 16.2. The number of aryl methyl sites for hydroxylation is 1. The average molecular weight is 292 g/mol. The standard InChI is InChI=1S/C16H28N4O/c1-13(2)16-17-14(3)12-15(18-16)20-9-7-19(8-10-20)6-5-11-21-4/h12-13H,5-11H2,1-4H3. The molecule has 0 bridgehead atoms. The van der Waals surface area contributed by atoms with Crippen LogP contribution < -0.4 is 4.90 Å². The molecule has 0 spiro atoms. The van der Waals surface area contributed by atoms with Crippen molar-refractivity contribution in [3.8, 4) is 0 Å². The van der Waals surface area contributed by atoms with Crippen molar-refractivity contribution in [1.29, 1.82) is 0 Å². The molecule has 5 nitrogen and oxygen atoms in total. The number of nitrogens with zero attached hydrogens (tertiary/aromatic N) is 4. The largest absolute Gasteiger partial charge is 0.385 e. The molecule has 2 heterocycles. The second kappa shape index (κ2) is 7.71. The van der Waals surface area contributed by atoms with Gasteiger partial charge < -0.3 is 9.64 Å². The van der Waals surface area contributed by atoms with Gasteiger partial charge in [-0.15, -0.1) is 0 Å². The van der Waals surface area contributed by atoms with Crippen molar-refractivity contribution < 1.29 is 4.74 Å². The quantitative estimate of drug-likeness (QED) is 0.751. The molecule has 0 N–H and O–H groups in total. The molecule has 5 heteroatoms. The maximum Gasteiger partial charge on any atom is 0.133 e. The molecule has 0 unspecified atom stereocenters. The first-order chi connectivity index (χ1) is 10.1. The van der Waals surface area contributed by atoms with E-state index in [2.05, 4.69) is 41.6 Å². The van der Waals surface area contributed by atoms with Gasteiger partial charge in [0.25, 0.3) is 0 Å². The summed E-state index contributed by atoms with van der Waals surface area (Å²) < 4.78 is 5.12. The zero-order valence-corrected chi connectivity index (χ0v) is 13.8. The molecule has 1 fully saturated rings. The Morgan fingerprint density at radius 1 is 1.19 bits per heavy atom. The van der Waals surface area contributed by atoms with E-state index < -0.39 is 0 Å². The smallest absolute Gasteiger partial charge is 0.133 e. The highest BCUT2D eigenvalue weighted by Crippen LogP contribution is 2.18. The molecule has 118 valence electrons. The predicted molar refractivity (Wildman–Crippen MR) is 86.0 cm³/mol. The highest BCUT2D eigenvalue weighted by Gasteiger charge is 2.19. The van der Waals surface area contributed by atoms with Gasteiger partial charge in [-0.05, 0) is 13.3 Å². The van der Waals surface area contributed by atoms with E-state index in [9.17, 15) is 0 Å². The van der Waals surface area contributed by atoms with Crippen molar-refractivity contribution in [1.82, 2.24) is 14.9 Å². The SMILES string of the molecule is COCCCN1CCN(c2cc(C)nc(C(C)C)n2)CC1. The minimum absolute atomic E-state index is 0.374. The molecule has 0 aliphatic carbocycles. The fraction of sp³-hybridized carbons (Fsp3) is 0.750. The van der Waals surface area contributed by atoms with Gasteiger partial charge in [0.05, 0.1) is 0 Å². The Labute approximate surface area is 128 Å². The lowest BCUT2D eigenvalue weighted by atomic mass is 10.2. The molecule has 0 atom stereocenters. The molecular formula is C16H28N4O. The van der Waals surface area contributed by atoms with Gasteiger partial charge in [0.15, 0.2) is 0 Å². The Balaban J connectivity index is 1.93. The van der Waals surface area contributed by atoms with Crippen LogP contribution in [0.5, 0.6) is 0 Å². The number of hydrogen-bond acceptors (Lipinski definition) is 5. The lowest BCUT2D eigenvalue weighted by Gasteiger charge is -2.35. The number of aromatic nitrogens is 2. The van der Waals surface area contributed by atoms with E-state index in [-0.39, 0.29) is 0 Å². The molecule has 1 aliphatic heterocycles. The first-order valence-corrected chi connectivity index (χ1v) is 7.92. The van der Waals surface area contributed by atoms with Crippen molar-refractivity contribution in [3.63, 3.8) is 0 Å². The number of hydrogen-bond donors (Lipinski definition) is 0. The Bertz CT molecular complexity index is 442. The molecule has 21 heavy (non-hydrogen) atoms. The fourth-order valence-electron chi connectivity index (χ4n) is 2.63. The van der Waals surface area contributed by atoms with Gasteiger partial charge in [0.2, 0.25) is 0 Å². The van der Waals surface area contributed by atoms with E-state index in [0.717, 1.165) is 63.1 Å². The number of rotatable bonds is 6. The van der Waals surface area contributed by atoms with Gasteiger partial charge in [-0.2, -0.15) is 0 Å². The van der Waals surface area contributed by atoms with Crippen LogP contribution in [0.15, 0.2) is 6.07 Å². The Kier molecular flexibility index (Phi) is 5.94. The topological polar surface area (TPSA) is 41.5 Å². The van der Waals surface area contributed by atoms with Crippen LogP contribution in [0.2, 0.25) is 0 Å². The van der Waals surface area contributed by atoms with Crippen molar-refractivity contribution >= 4 is 5.82 Å². The normalized spacial score (nSPS) is 16.7. The van der Waals surface area contributed by atoms with E-state index in [1.54, 1.807) is 7.11 Å². The van der Waals surface area contributed by atoms with E-state index in [1.807, 2.05) is 0 Å². The number of piperazine rings is 1. The minimum atomic E-state index is 0.374. The second-order valence-electron chi connectivity index (χ2n) is 6.06. The molecule has 0 saturated carbocycles. The van der Waals surface area contributed by atoms with Gasteiger partial charge in [-0.25, -0.2) is 9.97 Å². The number of anilines is 1. The Morgan fingerprint density at radius 2 is 1.90 bits per heavy atom. The number of methoxy groups -OCH3 is 1. The van der Waals surface area contributed by atoms with Crippen LogP contribution >= 0.6 is 0 Å². The van der Waals surface area contributed by atoms with E-state index in [0.29, 0.717) is 5.92 Å². The van der Waals surface area contributed by atoms with Gasteiger partial charge in [0.1, 0.15) is 11.6 Å². The third-order valence-electron chi connectivity index (χ3n) is 3.89. The van der Waals surface area contributed by atoms with E-state index in [1.165, 1.54) is 0 Å². The van der Waals surface area contributed by atoms with E-state index in [4.69, 9.17) is 9.72 Å². The fourth-order valence-corrected chi connectivity index (χ4v) is 2.63. The summed E-state index contributed by atoms with van der Waals surface area (Å²) in [4.78, 5) is 14.2. The summed E-state index contributed by atoms with van der Waals surface area (Å²) in [6.45, 7) is 12.6. The molecule has 0 amide bonds. The summed E-state index contributed by atoms with van der Waals surface area (Å²) in [7, 11) is 1.77. The third-order valence-corrected chi connectivity index (χ3v) is 3.89. The molecule has 0 radical (unpaired) electrons. The van der Waals surface area contributed by atoms with Crippen LogP contribution in [-0.2, 0) is 4.74 Å². The zero-order valence-electron chi connectivity index (χ0n) is 13.8. The lowest BCUT2D eigenvalue weighted by Crippen LogP contribution is -2.47. The molecule has 1 aromatic rings. The molecule has 2 rings (SSSR count).